The molecule has 0 aliphatic rings. The van der Waals surface area contributed by atoms with Crippen molar-refractivity contribution in [1.82, 2.24) is 4.98 Å². The highest BCUT2D eigenvalue weighted by molar-refractivity contribution is 6.33. The first-order valence-electron chi connectivity index (χ1n) is 5.73. The standard InChI is InChI=1S/C12H14ClNO.C2H6/c1-4-6-11-9(5-2)12(13)10(7-14-11)8(3)15;1-2/h4-8,15H,2H2,1,3H3;1-2H3/b6-4-;. The van der Waals surface area contributed by atoms with Crippen molar-refractivity contribution in [2.24, 2.45) is 0 Å². The average Bonchev–Trinajstić information content (AvgIpc) is 2.32. The first-order valence-corrected chi connectivity index (χ1v) is 6.11. The zero-order valence-corrected chi connectivity index (χ0v) is 11.6. The van der Waals surface area contributed by atoms with Gasteiger partial charge in [-0.3, -0.25) is 4.98 Å². The van der Waals surface area contributed by atoms with E-state index in [0.29, 0.717) is 10.6 Å². The second-order valence-corrected chi connectivity index (χ2v) is 3.58. The first kappa shape index (κ1) is 15.9. The molecule has 0 saturated heterocycles. The minimum atomic E-state index is -0.622. The lowest BCUT2D eigenvalue weighted by atomic mass is 10.1. The van der Waals surface area contributed by atoms with Crippen molar-refractivity contribution in [1.29, 1.82) is 0 Å². The molecule has 1 N–H and O–H groups in total. The van der Waals surface area contributed by atoms with Crippen molar-refractivity contribution in [3.63, 3.8) is 0 Å². The Balaban J connectivity index is 0.00000121. The van der Waals surface area contributed by atoms with Crippen molar-refractivity contribution in [3.05, 3.63) is 40.7 Å². The highest BCUT2D eigenvalue weighted by Crippen LogP contribution is 2.28. The molecule has 1 aromatic heterocycles. The van der Waals surface area contributed by atoms with Gasteiger partial charge in [0.05, 0.1) is 16.8 Å². The number of nitrogens with zero attached hydrogens (tertiary/aromatic N) is 1. The summed E-state index contributed by atoms with van der Waals surface area (Å²) in [4.78, 5) is 4.22. The van der Waals surface area contributed by atoms with Crippen LogP contribution >= 0.6 is 11.6 Å². The fourth-order valence-electron chi connectivity index (χ4n) is 1.31. The Hall–Kier alpha value is -1.12. The van der Waals surface area contributed by atoms with E-state index in [1.165, 1.54) is 0 Å². The fraction of sp³-hybridized carbons (Fsp3) is 0.357. The summed E-state index contributed by atoms with van der Waals surface area (Å²) in [5, 5.41) is 9.99. The van der Waals surface area contributed by atoms with Crippen LogP contribution < -0.4 is 0 Å². The summed E-state index contributed by atoms with van der Waals surface area (Å²) < 4.78 is 0. The number of aliphatic hydroxyl groups excluding tert-OH is 1. The molecule has 1 rings (SSSR count). The molecule has 0 aromatic carbocycles. The average molecular weight is 254 g/mol. The predicted octanol–water partition coefficient (Wildman–Crippen LogP) is 4.49. The van der Waals surface area contributed by atoms with Crippen molar-refractivity contribution < 1.29 is 5.11 Å². The van der Waals surface area contributed by atoms with Gasteiger partial charge in [0, 0.05) is 17.3 Å². The Bertz CT molecular complexity index is 397. The van der Waals surface area contributed by atoms with Gasteiger partial charge in [-0.2, -0.15) is 0 Å². The van der Waals surface area contributed by atoms with Gasteiger partial charge in [0.25, 0.3) is 0 Å². The van der Waals surface area contributed by atoms with Gasteiger partial charge >= 0.3 is 0 Å². The fourth-order valence-corrected chi connectivity index (χ4v) is 1.69. The van der Waals surface area contributed by atoms with E-state index >= 15 is 0 Å². The lowest BCUT2D eigenvalue weighted by Crippen LogP contribution is -1.98. The van der Waals surface area contributed by atoms with E-state index in [0.717, 1.165) is 11.3 Å². The lowest BCUT2D eigenvalue weighted by Gasteiger charge is -2.11. The van der Waals surface area contributed by atoms with E-state index in [2.05, 4.69) is 11.6 Å². The van der Waals surface area contributed by atoms with E-state index in [4.69, 9.17) is 11.6 Å². The highest BCUT2D eigenvalue weighted by atomic mass is 35.5. The molecule has 0 aliphatic carbocycles. The van der Waals surface area contributed by atoms with E-state index in [1.807, 2.05) is 32.9 Å². The second kappa shape index (κ2) is 8.04. The molecule has 0 fully saturated rings. The van der Waals surface area contributed by atoms with Crippen LogP contribution in [0.25, 0.3) is 12.2 Å². The second-order valence-electron chi connectivity index (χ2n) is 3.21. The smallest absolute Gasteiger partial charge is 0.0791 e. The number of rotatable bonds is 3. The minimum absolute atomic E-state index is 0.517. The Morgan fingerprint density at radius 2 is 2.06 bits per heavy atom. The molecule has 17 heavy (non-hydrogen) atoms. The van der Waals surface area contributed by atoms with Crippen molar-refractivity contribution >= 4 is 23.8 Å². The van der Waals surface area contributed by atoms with Crippen LogP contribution in [0.1, 0.15) is 50.6 Å². The zero-order valence-electron chi connectivity index (χ0n) is 10.9. The summed E-state index contributed by atoms with van der Waals surface area (Å²) >= 11 is 6.14. The molecule has 1 atom stereocenters. The molecule has 0 radical (unpaired) electrons. The first-order chi connectivity index (χ1) is 8.11. The molecule has 0 saturated carbocycles. The van der Waals surface area contributed by atoms with Crippen molar-refractivity contribution in [3.8, 4) is 0 Å². The van der Waals surface area contributed by atoms with Crippen LogP contribution in [-0.2, 0) is 0 Å². The highest BCUT2D eigenvalue weighted by Gasteiger charge is 2.12. The van der Waals surface area contributed by atoms with E-state index < -0.39 is 6.10 Å². The molecule has 0 amide bonds. The number of allylic oxidation sites excluding steroid dienone is 1. The molecule has 2 nitrogen and oxygen atoms in total. The summed E-state index contributed by atoms with van der Waals surface area (Å²) in [5.74, 6) is 0. The third-order valence-corrected chi connectivity index (χ3v) is 2.51. The van der Waals surface area contributed by atoms with Gasteiger partial charge in [-0.05, 0) is 19.9 Å². The zero-order chi connectivity index (χ0) is 13.4. The van der Waals surface area contributed by atoms with Gasteiger partial charge in [-0.1, -0.05) is 44.2 Å². The summed E-state index contributed by atoms with van der Waals surface area (Å²) in [5.41, 5.74) is 2.15. The number of hydrogen-bond donors (Lipinski definition) is 1. The molecular weight excluding hydrogens is 234 g/mol. The van der Waals surface area contributed by atoms with Crippen LogP contribution in [0.4, 0.5) is 0 Å². The van der Waals surface area contributed by atoms with E-state index in [9.17, 15) is 5.11 Å². The minimum Gasteiger partial charge on any atom is -0.389 e. The molecule has 0 spiro atoms. The van der Waals surface area contributed by atoms with Gasteiger partial charge in [0.2, 0.25) is 0 Å². The summed E-state index contributed by atoms with van der Waals surface area (Å²) in [6.45, 7) is 11.3. The third-order valence-electron chi connectivity index (χ3n) is 2.09. The molecule has 1 heterocycles. The summed E-state index contributed by atoms with van der Waals surface area (Å²) in [6.07, 6.45) is 6.36. The van der Waals surface area contributed by atoms with Crippen LogP contribution in [0.2, 0.25) is 5.02 Å². The third kappa shape index (κ3) is 3.99. The molecule has 94 valence electrons. The van der Waals surface area contributed by atoms with Crippen molar-refractivity contribution in [2.45, 2.75) is 33.8 Å². The number of pyridine rings is 1. The van der Waals surface area contributed by atoms with Gasteiger partial charge < -0.3 is 5.11 Å². The van der Waals surface area contributed by atoms with Gasteiger partial charge in [0.1, 0.15) is 0 Å². The maximum absolute atomic E-state index is 9.47. The Labute approximate surface area is 109 Å². The van der Waals surface area contributed by atoms with Gasteiger partial charge in [-0.25, -0.2) is 0 Å². The summed E-state index contributed by atoms with van der Waals surface area (Å²) in [6, 6.07) is 0. The van der Waals surface area contributed by atoms with Crippen LogP contribution in [0.15, 0.2) is 18.9 Å². The largest absolute Gasteiger partial charge is 0.389 e. The summed E-state index contributed by atoms with van der Waals surface area (Å²) in [7, 11) is 0. The molecule has 0 aliphatic heterocycles. The van der Waals surface area contributed by atoms with Gasteiger partial charge in [0.15, 0.2) is 0 Å². The van der Waals surface area contributed by atoms with Crippen molar-refractivity contribution in [2.75, 3.05) is 0 Å². The molecule has 3 heteroatoms. The van der Waals surface area contributed by atoms with Gasteiger partial charge in [-0.15, -0.1) is 0 Å². The number of halogens is 1. The van der Waals surface area contributed by atoms with Crippen LogP contribution in [0, 0.1) is 0 Å². The molecule has 1 unspecified atom stereocenters. The lowest BCUT2D eigenvalue weighted by molar-refractivity contribution is 0.199. The number of hydrogen-bond acceptors (Lipinski definition) is 2. The van der Waals surface area contributed by atoms with Crippen LogP contribution in [0.5, 0.6) is 0 Å². The van der Waals surface area contributed by atoms with Crippen LogP contribution in [0.3, 0.4) is 0 Å². The SMILES string of the molecule is C=Cc1c(/C=C\C)ncc(C(C)O)c1Cl.CC. The quantitative estimate of drug-likeness (QED) is 0.861. The Kier molecular flexibility index (Phi) is 7.51. The molecular formula is C14H20ClNO. The topological polar surface area (TPSA) is 33.1 Å². The van der Waals surface area contributed by atoms with Crippen LogP contribution in [-0.4, -0.2) is 10.1 Å². The Morgan fingerprint density at radius 1 is 1.47 bits per heavy atom. The normalized spacial score (nSPS) is 11.9. The predicted molar refractivity (Wildman–Crippen MR) is 76.0 cm³/mol. The maximum atomic E-state index is 9.47. The monoisotopic (exact) mass is 253 g/mol. The molecule has 1 aromatic rings. The number of aliphatic hydroxyl groups is 1. The van der Waals surface area contributed by atoms with E-state index in [-0.39, 0.29) is 0 Å². The van der Waals surface area contributed by atoms with E-state index in [1.54, 1.807) is 19.2 Å². The Morgan fingerprint density at radius 3 is 2.47 bits per heavy atom. The maximum Gasteiger partial charge on any atom is 0.0791 e. The molecule has 0 bridgehead atoms. The number of aromatic nitrogens is 1.